The SMILES string of the molecule is C=C/C(=C\C=C(/C)OC)C1CCC(C2CCC(CCC)CC2)CC1.CC.CC.CCCCCCCC. The summed E-state index contributed by atoms with van der Waals surface area (Å²) in [5, 5.41) is 0. The highest BCUT2D eigenvalue weighted by atomic mass is 16.5. The van der Waals surface area contributed by atoms with Crippen LogP contribution in [-0.2, 0) is 4.74 Å². The molecule has 0 aromatic carbocycles. The third-order valence-electron chi connectivity index (χ3n) is 8.02. The molecule has 2 aliphatic carbocycles. The van der Waals surface area contributed by atoms with Crippen LogP contribution >= 0.6 is 0 Å². The molecule has 0 aromatic heterocycles. The number of hydrogen-bond acceptors (Lipinski definition) is 1. The Labute approximate surface area is 229 Å². The van der Waals surface area contributed by atoms with Crippen molar-refractivity contribution in [2.45, 2.75) is 158 Å². The Kier molecular flexibility index (Phi) is 27.9. The normalized spacial score (nSPS) is 24.1. The standard InChI is InChI=1S/C23H38O.C8H18.2C2H6/c1-5-7-19-9-12-22(13-10-19)23-16-14-21(15-17-23)20(6-2)11-8-18(3)24-4;1-3-5-7-8-6-4-2;2*1-2/h6,8,11,19,21-23H,2,5,7,9-10,12-17H2,1,3-4H3;3-8H2,1-2H3;2*1-2H3/b18-8+,20-11+;;;. The number of hydrogen-bond donors (Lipinski definition) is 0. The number of methoxy groups -OCH3 is 1. The average Bonchev–Trinajstić information content (AvgIpc) is 2.95. The van der Waals surface area contributed by atoms with Gasteiger partial charge in [-0.3, -0.25) is 0 Å². The summed E-state index contributed by atoms with van der Waals surface area (Å²) in [5.41, 5.74) is 1.40. The largest absolute Gasteiger partial charge is 0.501 e. The van der Waals surface area contributed by atoms with E-state index < -0.39 is 0 Å². The molecule has 2 rings (SSSR count). The summed E-state index contributed by atoms with van der Waals surface area (Å²) in [5.74, 6) is 4.72. The minimum atomic E-state index is 0.705. The van der Waals surface area contributed by atoms with Crippen molar-refractivity contribution in [2.24, 2.45) is 23.7 Å². The molecule has 0 atom stereocenters. The molecule has 2 aliphatic rings. The highest BCUT2D eigenvalue weighted by molar-refractivity contribution is 5.26. The topological polar surface area (TPSA) is 9.23 Å². The highest BCUT2D eigenvalue weighted by Crippen LogP contribution is 2.43. The molecular formula is C35H68O. The first kappa shape index (κ1) is 37.2. The van der Waals surface area contributed by atoms with Gasteiger partial charge in [0.1, 0.15) is 0 Å². The van der Waals surface area contributed by atoms with Crippen molar-refractivity contribution >= 4 is 0 Å². The van der Waals surface area contributed by atoms with Crippen LogP contribution in [0.25, 0.3) is 0 Å². The number of allylic oxidation sites excluding steroid dienone is 5. The first-order valence-corrected chi connectivity index (χ1v) is 16.1. The van der Waals surface area contributed by atoms with E-state index in [0.717, 1.165) is 23.5 Å². The zero-order valence-electron chi connectivity index (χ0n) is 26.5. The Morgan fingerprint density at radius 1 is 0.694 bits per heavy atom. The lowest BCUT2D eigenvalue weighted by Crippen LogP contribution is -2.26. The lowest BCUT2D eigenvalue weighted by atomic mass is 9.68. The number of unbranched alkanes of at least 4 members (excludes halogenated alkanes) is 5. The first-order chi connectivity index (χ1) is 17.6. The predicted octanol–water partition coefficient (Wildman–Crippen LogP) is 12.5. The minimum Gasteiger partial charge on any atom is -0.501 e. The first-order valence-electron chi connectivity index (χ1n) is 16.1. The molecule has 2 saturated carbocycles. The second-order valence-electron chi connectivity index (χ2n) is 10.4. The van der Waals surface area contributed by atoms with Crippen molar-refractivity contribution in [1.82, 2.24) is 0 Å². The second-order valence-corrected chi connectivity index (χ2v) is 10.4. The molecule has 36 heavy (non-hydrogen) atoms. The van der Waals surface area contributed by atoms with Gasteiger partial charge in [0.2, 0.25) is 0 Å². The molecule has 0 N–H and O–H groups in total. The minimum absolute atomic E-state index is 0.705. The molecule has 1 nitrogen and oxygen atoms in total. The van der Waals surface area contributed by atoms with E-state index in [1.54, 1.807) is 7.11 Å². The zero-order chi connectivity index (χ0) is 27.6. The maximum atomic E-state index is 5.24. The Morgan fingerprint density at radius 2 is 1.17 bits per heavy atom. The van der Waals surface area contributed by atoms with Crippen LogP contribution in [0.1, 0.15) is 158 Å². The van der Waals surface area contributed by atoms with Crippen molar-refractivity contribution in [1.29, 1.82) is 0 Å². The smallest absolute Gasteiger partial charge is 0.0924 e. The van der Waals surface area contributed by atoms with E-state index in [9.17, 15) is 0 Å². The zero-order valence-corrected chi connectivity index (χ0v) is 26.5. The van der Waals surface area contributed by atoms with E-state index in [0.29, 0.717) is 5.92 Å². The Hall–Kier alpha value is -0.980. The summed E-state index contributed by atoms with van der Waals surface area (Å²) in [6.45, 7) is 20.9. The third kappa shape index (κ3) is 17.5. The van der Waals surface area contributed by atoms with Crippen LogP contribution in [0.4, 0.5) is 0 Å². The van der Waals surface area contributed by atoms with Gasteiger partial charge in [0.05, 0.1) is 12.9 Å². The molecule has 0 amide bonds. The van der Waals surface area contributed by atoms with E-state index >= 15 is 0 Å². The Bertz CT molecular complexity index is 507. The number of ether oxygens (including phenoxy) is 1. The third-order valence-corrected chi connectivity index (χ3v) is 8.02. The van der Waals surface area contributed by atoms with Crippen LogP contribution in [0, 0.1) is 23.7 Å². The van der Waals surface area contributed by atoms with Gasteiger partial charge in [0.15, 0.2) is 0 Å². The van der Waals surface area contributed by atoms with Crippen molar-refractivity contribution in [3.63, 3.8) is 0 Å². The van der Waals surface area contributed by atoms with Crippen LogP contribution < -0.4 is 0 Å². The van der Waals surface area contributed by atoms with Gasteiger partial charge in [0.25, 0.3) is 0 Å². The van der Waals surface area contributed by atoms with Gasteiger partial charge >= 0.3 is 0 Å². The molecule has 0 aliphatic heterocycles. The van der Waals surface area contributed by atoms with Gasteiger partial charge in [-0.2, -0.15) is 0 Å². The van der Waals surface area contributed by atoms with Gasteiger partial charge in [0, 0.05) is 0 Å². The molecule has 0 radical (unpaired) electrons. The monoisotopic (exact) mass is 505 g/mol. The van der Waals surface area contributed by atoms with Gasteiger partial charge in [-0.25, -0.2) is 0 Å². The fraction of sp³-hybridized carbons (Fsp3) is 0.829. The fourth-order valence-electron chi connectivity index (χ4n) is 5.79. The van der Waals surface area contributed by atoms with Crippen LogP contribution in [0.3, 0.4) is 0 Å². The molecule has 0 saturated heterocycles. The maximum absolute atomic E-state index is 5.24. The summed E-state index contributed by atoms with van der Waals surface area (Å²) >= 11 is 0. The van der Waals surface area contributed by atoms with E-state index in [1.165, 1.54) is 108 Å². The van der Waals surface area contributed by atoms with Crippen LogP contribution in [-0.4, -0.2) is 7.11 Å². The summed E-state index contributed by atoms with van der Waals surface area (Å²) in [7, 11) is 1.73. The van der Waals surface area contributed by atoms with Gasteiger partial charge < -0.3 is 4.74 Å². The Morgan fingerprint density at radius 3 is 1.56 bits per heavy atom. The quantitative estimate of drug-likeness (QED) is 0.146. The van der Waals surface area contributed by atoms with Gasteiger partial charge in [-0.15, -0.1) is 0 Å². The highest BCUT2D eigenvalue weighted by Gasteiger charge is 2.31. The van der Waals surface area contributed by atoms with Crippen molar-refractivity contribution < 1.29 is 4.74 Å². The molecule has 2 fully saturated rings. The molecule has 0 unspecified atom stereocenters. The summed E-state index contributed by atoms with van der Waals surface area (Å²) in [6, 6.07) is 0. The lowest BCUT2D eigenvalue weighted by molar-refractivity contribution is 0.151. The molecule has 1 heteroatoms. The summed E-state index contributed by atoms with van der Waals surface area (Å²) in [4.78, 5) is 0. The second kappa shape index (κ2) is 27.1. The molecule has 214 valence electrons. The summed E-state index contributed by atoms with van der Waals surface area (Å²) < 4.78 is 5.24. The molecule has 0 spiro atoms. The Balaban J connectivity index is 0. The summed E-state index contributed by atoms with van der Waals surface area (Å²) in [6.07, 6.45) is 29.2. The average molecular weight is 505 g/mol. The van der Waals surface area contributed by atoms with Gasteiger partial charge in [-0.05, 0) is 80.8 Å². The van der Waals surface area contributed by atoms with Gasteiger partial charge in [-0.1, -0.05) is 131 Å². The lowest BCUT2D eigenvalue weighted by Gasteiger charge is -2.38. The molecule has 0 aromatic rings. The van der Waals surface area contributed by atoms with E-state index in [4.69, 9.17) is 4.74 Å². The molecular weight excluding hydrogens is 436 g/mol. The number of rotatable bonds is 12. The van der Waals surface area contributed by atoms with Crippen LogP contribution in [0.2, 0.25) is 0 Å². The van der Waals surface area contributed by atoms with Crippen molar-refractivity contribution in [2.75, 3.05) is 7.11 Å². The van der Waals surface area contributed by atoms with E-state index in [-0.39, 0.29) is 0 Å². The van der Waals surface area contributed by atoms with Crippen molar-refractivity contribution in [3.05, 3.63) is 36.1 Å². The van der Waals surface area contributed by atoms with Crippen molar-refractivity contribution in [3.8, 4) is 0 Å². The van der Waals surface area contributed by atoms with E-state index in [1.807, 2.05) is 34.6 Å². The molecule has 0 bridgehead atoms. The fourth-order valence-corrected chi connectivity index (χ4v) is 5.79. The van der Waals surface area contributed by atoms with E-state index in [2.05, 4.69) is 45.6 Å². The van der Waals surface area contributed by atoms with Crippen LogP contribution in [0.5, 0.6) is 0 Å². The molecule has 0 heterocycles. The van der Waals surface area contributed by atoms with Crippen LogP contribution in [0.15, 0.2) is 36.1 Å². The predicted molar refractivity (Wildman–Crippen MR) is 167 cm³/mol. The maximum Gasteiger partial charge on any atom is 0.0924 e.